The molecule has 0 saturated heterocycles. The zero-order valence-electron chi connectivity index (χ0n) is 22.7. The second-order valence-corrected chi connectivity index (χ2v) is 10.5. The summed E-state index contributed by atoms with van der Waals surface area (Å²) in [7, 11) is 0. The van der Waals surface area contributed by atoms with Crippen molar-refractivity contribution in [3.8, 4) is 5.75 Å². The zero-order valence-corrected chi connectivity index (χ0v) is 22.7. The lowest BCUT2D eigenvalue weighted by Crippen LogP contribution is -2.41. The van der Waals surface area contributed by atoms with Gasteiger partial charge in [0.2, 0.25) is 5.56 Å². The number of carbonyl (C=O) groups is 2. The third-order valence-corrected chi connectivity index (χ3v) is 7.30. The Morgan fingerprint density at radius 2 is 1.76 bits per heavy atom. The molecule has 1 heterocycles. The predicted molar refractivity (Wildman–Crippen MR) is 148 cm³/mol. The van der Waals surface area contributed by atoms with Gasteiger partial charge in [-0.05, 0) is 49.9 Å². The van der Waals surface area contributed by atoms with E-state index >= 15 is 0 Å². The van der Waals surface area contributed by atoms with Crippen LogP contribution in [0.25, 0.3) is 10.9 Å². The molecule has 1 aliphatic carbocycles. The van der Waals surface area contributed by atoms with E-state index in [4.69, 9.17) is 9.47 Å². The smallest absolute Gasteiger partial charge is 0.343 e. The van der Waals surface area contributed by atoms with Gasteiger partial charge in [-0.1, -0.05) is 64.3 Å². The maximum Gasteiger partial charge on any atom is 0.343 e. The van der Waals surface area contributed by atoms with Gasteiger partial charge in [-0.15, -0.1) is 0 Å². The Labute approximate surface area is 223 Å². The fourth-order valence-electron chi connectivity index (χ4n) is 5.31. The largest absolute Gasteiger partial charge is 0.456 e. The topological polar surface area (TPSA) is 97.5 Å². The van der Waals surface area contributed by atoms with E-state index in [1.807, 2.05) is 25.1 Å². The number of aryl methyl sites for hydroxylation is 1. The van der Waals surface area contributed by atoms with Crippen molar-refractivity contribution >= 4 is 22.8 Å². The number of carbonyl (C=O) groups excluding carboxylic acids is 2. The number of nitrogens with one attached hydrogen (secondary N) is 2. The average molecular weight is 519 g/mol. The number of fused-ring (bicyclic) bond motifs is 1. The van der Waals surface area contributed by atoms with Gasteiger partial charge in [0, 0.05) is 29.1 Å². The summed E-state index contributed by atoms with van der Waals surface area (Å²) in [6.07, 6.45) is 5.08. The average Bonchev–Trinajstić information content (AvgIpc) is 2.91. The number of H-pyrrole nitrogens is 1. The summed E-state index contributed by atoms with van der Waals surface area (Å²) in [5.41, 5.74) is 2.10. The quantitative estimate of drug-likeness (QED) is 0.266. The van der Waals surface area contributed by atoms with Crippen LogP contribution < -0.4 is 15.6 Å². The molecular weight excluding hydrogens is 480 g/mol. The van der Waals surface area contributed by atoms with Crippen molar-refractivity contribution < 1.29 is 19.1 Å². The lowest BCUT2D eigenvalue weighted by Gasteiger charge is -2.32. The molecule has 0 radical (unpaired) electrons. The lowest BCUT2D eigenvalue weighted by atomic mass is 9.89. The highest BCUT2D eigenvalue weighted by Gasteiger charge is 2.32. The number of aromatic nitrogens is 1. The van der Waals surface area contributed by atoms with E-state index in [0.29, 0.717) is 16.5 Å². The van der Waals surface area contributed by atoms with Crippen LogP contribution in [-0.2, 0) is 9.53 Å². The Morgan fingerprint density at radius 3 is 2.45 bits per heavy atom. The first-order chi connectivity index (χ1) is 18.3. The van der Waals surface area contributed by atoms with Gasteiger partial charge in [0.25, 0.3) is 0 Å². The summed E-state index contributed by atoms with van der Waals surface area (Å²) in [5, 5.41) is 4.22. The molecule has 3 aromatic rings. The van der Waals surface area contributed by atoms with Crippen molar-refractivity contribution in [2.75, 3.05) is 0 Å². The Hall–Kier alpha value is -3.45. The number of esters is 2. The molecule has 4 rings (SSSR count). The lowest BCUT2D eigenvalue weighted by molar-refractivity contribution is -0.157. The van der Waals surface area contributed by atoms with Crippen LogP contribution in [0.5, 0.6) is 5.75 Å². The van der Waals surface area contributed by atoms with Crippen molar-refractivity contribution in [2.24, 2.45) is 5.92 Å². The van der Waals surface area contributed by atoms with Crippen molar-refractivity contribution in [1.29, 1.82) is 0 Å². The fraction of sp³-hybridized carbons (Fsp3) is 0.452. The van der Waals surface area contributed by atoms with Crippen molar-refractivity contribution in [1.82, 2.24) is 10.3 Å². The number of aromatic amines is 1. The minimum absolute atomic E-state index is 0.0942. The summed E-state index contributed by atoms with van der Waals surface area (Å²) in [6, 6.07) is 13.9. The first-order valence-corrected chi connectivity index (χ1v) is 13.7. The van der Waals surface area contributed by atoms with Gasteiger partial charge < -0.3 is 19.8 Å². The molecule has 7 heteroatoms. The molecule has 1 aromatic heterocycles. The Balaban J connectivity index is 1.75. The first kappa shape index (κ1) is 27.6. The normalized spacial score (nSPS) is 15.8. The van der Waals surface area contributed by atoms with Crippen LogP contribution >= 0.6 is 0 Å². The monoisotopic (exact) mass is 518 g/mol. The zero-order chi connectivity index (χ0) is 27.2. The molecule has 2 atom stereocenters. The maximum atomic E-state index is 13.3. The summed E-state index contributed by atoms with van der Waals surface area (Å²) >= 11 is 0. The van der Waals surface area contributed by atoms with Crippen LogP contribution in [-0.4, -0.2) is 29.0 Å². The van der Waals surface area contributed by atoms with Crippen LogP contribution in [0.3, 0.4) is 0 Å². The van der Waals surface area contributed by atoms with Crippen molar-refractivity contribution in [3.05, 3.63) is 75.6 Å². The van der Waals surface area contributed by atoms with Gasteiger partial charge in [-0.3, -0.25) is 9.59 Å². The maximum absolute atomic E-state index is 13.3. The highest BCUT2D eigenvalue weighted by atomic mass is 16.5. The Bertz CT molecular complexity index is 1340. The van der Waals surface area contributed by atoms with Gasteiger partial charge in [-0.2, -0.15) is 0 Å². The molecule has 0 bridgehead atoms. The third-order valence-electron chi connectivity index (χ3n) is 7.30. The molecule has 2 N–H and O–H groups in total. The van der Waals surface area contributed by atoms with E-state index in [0.717, 1.165) is 49.7 Å². The second-order valence-electron chi connectivity index (χ2n) is 10.5. The molecule has 0 spiro atoms. The highest BCUT2D eigenvalue weighted by molar-refractivity contribution is 5.96. The van der Waals surface area contributed by atoms with Gasteiger partial charge in [0.05, 0.1) is 17.0 Å². The number of ether oxygens (including phenoxy) is 2. The van der Waals surface area contributed by atoms with Crippen LogP contribution in [0.2, 0.25) is 0 Å². The molecule has 202 valence electrons. The molecule has 2 aromatic carbocycles. The predicted octanol–water partition coefficient (Wildman–Crippen LogP) is 6.00. The minimum Gasteiger partial charge on any atom is -0.456 e. The molecule has 0 aliphatic heterocycles. The standard InChI is InChI=1S/C31H38N2O5/c1-5-25(32-19(2)3)29(38-30(35)21-12-7-6-8-13-21)24-15-17-26(28-23(24)16-18-27(34)33-28)37-31(36)22-14-10-9-11-20(22)4/h9-11,14-19,21,25,29,32H,5-8,12-13H2,1-4H3,(H,33,34). The summed E-state index contributed by atoms with van der Waals surface area (Å²) in [4.78, 5) is 41.5. The summed E-state index contributed by atoms with van der Waals surface area (Å²) in [6.45, 7) is 8.03. The fourth-order valence-corrected chi connectivity index (χ4v) is 5.31. The van der Waals surface area contributed by atoms with Gasteiger partial charge in [-0.25, -0.2) is 4.79 Å². The van der Waals surface area contributed by atoms with Gasteiger partial charge in [0.1, 0.15) is 6.10 Å². The van der Waals surface area contributed by atoms with E-state index in [1.54, 1.807) is 24.3 Å². The van der Waals surface area contributed by atoms with E-state index in [2.05, 4.69) is 31.1 Å². The van der Waals surface area contributed by atoms with E-state index in [9.17, 15) is 14.4 Å². The summed E-state index contributed by atoms with van der Waals surface area (Å²) < 4.78 is 12.1. The van der Waals surface area contributed by atoms with Gasteiger partial charge in [0.15, 0.2) is 5.75 Å². The number of benzene rings is 2. The number of hydrogen-bond donors (Lipinski definition) is 2. The Kier molecular flexibility index (Phi) is 9.00. The molecule has 1 saturated carbocycles. The molecule has 38 heavy (non-hydrogen) atoms. The third kappa shape index (κ3) is 6.33. The number of pyridine rings is 1. The van der Waals surface area contributed by atoms with Gasteiger partial charge >= 0.3 is 11.9 Å². The minimum atomic E-state index is -0.577. The van der Waals surface area contributed by atoms with E-state index in [-0.39, 0.29) is 35.3 Å². The second kappa shape index (κ2) is 12.4. The number of rotatable bonds is 9. The first-order valence-electron chi connectivity index (χ1n) is 13.7. The van der Waals surface area contributed by atoms with Crippen molar-refractivity contribution in [2.45, 2.75) is 84.4 Å². The SMILES string of the molecule is CCC(NC(C)C)C(OC(=O)C1CCCCC1)c1ccc(OC(=O)c2ccccc2C)c2[nH]c(=O)ccc12. The molecule has 1 fully saturated rings. The highest BCUT2D eigenvalue weighted by Crippen LogP contribution is 2.36. The van der Waals surface area contributed by atoms with Crippen LogP contribution in [0.1, 0.15) is 86.9 Å². The molecular formula is C31H38N2O5. The van der Waals surface area contributed by atoms with E-state index < -0.39 is 12.1 Å². The Morgan fingerprint density at radius 1 is 1.03 bits per heavy atom. The van der Waals surface area contributed by atoms with Crippen molar-refractivity contribution in [3.63, 3.8) is 0 Å². The van der Waals surface area contributed by atoms with Crippen LogP contribution in [0, 0.1) is 12.8 Å². The molecule has 1 aliphatic rings. The van der Waals surface area contributed by atoms with Crippen LogP contribution in [0.15, 0.2) is 53.3 Å². The number of hydrogen-bond acceptors (Lipinski definition) is 6. The molecule has 7 nitrogen and oxygen atoms in total. The molecule has 2 unspecified atom stereocenters. The van der Waals surface area contributed by atoms with Crippen LogP contribution in [0.4, 0.5) is 0 Å². The molecule has 0 amide bonds. The summed E-state index contributed by atoms with van der Waals surface area (Å²) in [5.74, 6) is -0.526. The van der Waals surface area contributed by atoms with E-state index in [1.165, 1.54) is 6.07 Å².